The standard InChI is InChI=1S/C13H27N3/c1-13(2,3)16-6-5-12(11-16)15-9-7-14(4)8-10-15/h12H,5-11H2,1-4H3/t12-/m1/s1. The molecule has 0 aromatic carbocycles. The summed E-state index contributed by atoms with van der Waals surface area (Å²) in [6.45, 7) is 14.6. The first-order valence-corrected chi connectivity index (χ1v) is 6.64. The van der Waals surface area contributed by atoms with Crippen molar-refractivity contribution in [2.24, 2.45) is 0 Å². The molecule has 0 aromatic heterocycles. The number of likely N-dealkylation sites (N-methyl/N-ethyl adjacent to an activating group) is 1. The molecular formula is C13H27N3. The van der Waals surface area contributed by atoms with Crippen LogP contribution in [0.5, 0.6) is 0 Å². The molecule has 2 saturated heterocycles. The first-order chi connectivity index (χ1) is 7.47. The summed E-state index contributed by atoms with van der Waals surface area (Å²) in [4.78, 5) is 7.77. The zero-order chi connectivity index (χ0) is 11.8. The number of rotatable bonds is 1. The van der Waals surface area contributed by atoms with E-state index in [1.807, 2.05) is 0 Å². The average Bonchev–Trinajstić information content (AvgIpc) is 2.67. The van der Waals surface area contributed by atoms with E-state index in [9.17, 15) is 0 Å². The topological polar surface area (TPSA) is 9.72 Å². The fraction of sp³-hybridized carbons (Fsp3) is 1.00. The van der Waals surface area contributed by atoms with Crippen LogP contribution in [-0.4, -0.2) is 72.6 Å². The maximum atomic E-state index is 2.70. The molecule has 3 heteroatoms. The molecule has 0 aliphatic carbocycles. The van der Waals surface area contributed by atoms with Gasteiger partial charge in [0.2, 0.25) is 0 Å². The molecule has 0 saturated carbocycles. The molecule has 16 heavy (non-hydrogen) atoms. The van der Waals surface area contributed by atoms with Gasteiger partial charge in [-0.25, -0.2) is 0 Å². The van der Waals surface area contributed by atoms with Gasteiger partial charge in [0.05, 0.1) is 0 Å². The van der Waals surface area contributed by atoms with Crippen molar-refractivity contribution in [2.45, 2.75) is 38.8 Å². The highest BCUT2D eigenvalue weighted by atomic mass is 15.3. The Hall–Kier alpha value is -0.120. The predicted octanol–water partition coefficient (Wildman–Crippen LogP) is 1.11. The second kappa shape index (κ2) is 4.63. The SMILES string of the molecule is CN1CCN([C@@H]2CCN(C(C)(C)C)C2)CC1. The molecule has 0 radical (unpaired) electrons. The molecule has 2 heterocycles. The van der Waals surface area contributed by atoms with E-state index in [1.165, 1.54) is 45.7 Å². The lowest BCUT2D eigenvalue weighted by Gasteiger charge is -2.37. The minimum atomic E-state index is 0.349. The second-order valence-corrected chi connectivity index (χ2v) is 6.40. The molecule has 3 nitrogen and oxygen atoms in total. The fourth-order valence-electron chi connectivity index (χ4n) is 2.84. The van der Waals surface area contributed by atoms with Crippen molar-refractivity contribution < 1.29 is 0 Å². The predicted molar refractivity (Wildman–Crippen MR) is 68.8 cm³/mol. The maximum absolute atomic E-state index is 2.70. The Morgan fingerprint density at radius 2 is 1.56 bits per heavy atom. The van der Waals surface area contributed by atoms with Gasteiger partial charge in [0.25, 0.3) is 0 Å². The Bertz CT molecular complexity index is 226. The van der Waals surface area contributed by atoms with Crippen LogP contribution in [0.4, 0.5) is 0 Å². The molecule has 0 unspecified atom stereocenters. The Labute approximate surface area is 100 Å². The molecule has 2 rings (SSSR count). The van der Waals surface area contributed by atoms with Crippen LogP contribution in [0.3, 0.4) is 0 Å². The monoisotopic (exact) mass is 225 g/mol. The van der Waals surface area contributed by atoms with Crippen LogP contribution in [-0.2, 0) is 0 Å². The first-order valence-electron chi connectivity index (χ1n) is 6.64. The van der Waals surface area contributed by atoms with Crippen LogP contribution >= 0.6 is 0 Å². The number of hydrogen-bond acceptors (Lipinski definition) is 3. The molecular weight excluding hydrogens is 198 g/mol. The number of likely N-dealkylation sites (tertiary alicyclic amines) is 1. The van der Waals surface area contributed by atoms with E-state index in [-0.39, 0.29) is 0 Å². The van der Waals surface area contributed by atoms with Crippen molar-refractivity contribution in [1.82, 2.24) is 14.7 Å². The molecule has 0 amide bonds. The first kappa shape index (κ1) is 12.3. The van der Waals surface area contributed by atoms with Gasteiger partial charge in [0.1, 0.15) is 0 Å². The van der Waals surface area contributed by atoms with Gasteiger partial charge in [-0.15, -0.1) is 0 Å². The quantitative estimate of drug-likeness (QED) is 0.662. The highest BCUT2D eigenvalue weighted by Gasteiger charge is 2.33. The summed E-state index contributed by atoms with van der Waals surface area (Å²) in [6, 6.07) is 0.813. The Kier molecular flexibility index (Phi) is 3.57. The number of nitrogens with zero attached hydrogens (tertiary/aromatic N) is 3. The second-order valence-electron chi connectivity index (χ2n) is 6.40. The zero-order valence-corrected chi connectivity index (χ0v) is 11.4. The van der Waals surface area contributed by atoms with Gasteiger partial charge in [-0.05, 0) is 34.2 Å². The molecule has 0 spiro atoms. The summed E-state index contributed by atoms with van der Waals surface area (Å²) in [6.07, 6.45) is 1.36. The van der Waals surface area contributed by atoms with E-state index in [1.54, 1.807) is 0 Å². The van der Waals surface area contributed by atoms with Crippen LogP contribution in [0.1, 0.15) is 27.2 Å². The summed E-state index contributed by atoms with van der Waals surface area (Å²) in [7, 11) is 2.23. The van der Waals surface area contributed by atoms with Gasteiger partial charge in [0.15, 0.2) is 0 Å². The highest BCUT2D eigenvalue weighted by Crippen LogP contribution is 2.24. The molecule has 2 aliphatic heterocycles. The lowest BCUT2D eigenvalue weighted by molar-refractivity contribution is 0.100. The van der Waals surface area contributed by atoms with Gasteiger partial charge in [-0.3, -0.25) is 9.80 Å². The van der Waals surface area contributed by atoms with Crippen molar-refractivity contribution >= 4 is 0 Å². The number of hydrogen-bond donors (Lipinski definition) is 0. The molecule has 1 atom stereocenters. The van der Waals surface area contributed by atoms with Gasteiger partial charge in [-0.2, -0.15) is 0 Å². The summed E-state index contributed by atoms with van der Waals surface area (Å²) in [5.74, 6) is 0. The van der Waals surface area contributed by atoms with Gasteiger partial charge in [0, 0.05) is 50.8 Å². The van der Waals surface area contributed by atoms with Crippen LogP contribution in [0, 0.1) is 0 Å². The lowest BCUT2D eigenvalue weighted by atomic mass is 10.1. The Balaban J connectivity index is 1.84. The Morgan fingerprint density at radius 1 is 0.938 bits per heavy atom. The summed E-state index contributed by atoms with van der Waals surface area (Å²) >= 11 is 0. The third-order valence-electron chi connectivity index (χ3n) is 4.17. The highest BCUT2D eigenvalue weighted by molar-refractivity contribution is 4.90. The molecule has 2 fully saturated rings. The summed E-state index contributed by atoms with van der Waals surface area (Å²) in [5.41, 5.74) is 0.349. The lowest BCUT2D eigenvalue weighted by Crippen LogP contribution is -2.50. The third kappa shape index (κ3) is 2.76. The fourth-order valence-corrected chi connectivity index (χ4v) is 2.84. The van der Waals surface area contributed by atoms with Gasteiger partial charge in [-0.1, -0.05) is 0 Å². The van der Waals surface area contributed by atoms with Crippen LogP contribution in [0.25, 0.3) is 0 Å². The van der Waals surface area contributed by atoms with Gasteiger partial charge >= 0.3 is 0 Å². The van der Waals surface area contributed by atoms with Crippen LogP contribution in [0.15, 0.2) is 0 Å². The minimum Gasteiger partial charge on any atom is -0.304 e. The maximum Gasteiger partial charge on any atom is 0.0236 e. The van der Waals surface area contributed by atoms with Crippen molar-refractivity contribution in [3.05, 3.63) is 0 Å². The van der Waals surface area contributed by atoms with E-state index in [4.69, 9.17) is 0 Å². The van der Waals surface area contributed by atoms with E-state index < -0.39 is 0 Å². The molecule has 94 valence electrons. The van der Waals surface area contributed by atoms with E-state index in [0.717, 1.165) is 6.04 Å². The van der Waals surface area contributed by atoms with Crippen molar-refractivity contribution in [2.75, 3.05) is 46.3 Å². The summed E-state index contributed by atoms with van der Waals surface area (Å²) in [5, 5.41) is 0. The van der Waals surface area contributed by atoms with E-state index >= 15 is 0 Å². The van der Waals surface area contributed by atoms with Crippen molar-refractivity contribution in [3.8, 4) is 0 Å². The third-order valence-corrected chi connectivity index (χ3v) is 4.17. The normalized spacial score (nSPS) is 31.1. The van der Waals surface area contributed by atoms with Crippen molar-refractivity contribution in [1.29, 1.82) is 0 Å². The van der Waals surface area contributed by atoms with Crippen LogP contribution in [0.2, 0.25) is 0 Å². The minimum absolute atomic E-state index is 0.349. The van der Waals surface area contributed by atoms with E-state index in [0.29, 0.717) is 5.54 Å². The van der Waals surface area contributed by atoms with Crippen molar-refractivity contribution in [3.63, 3.8) is 0 Å². The molecule has 0 bridgehead atoms. The van der Waals surface area contributed by atoms with Crippen LogP contribution < -0.4 is 0 Å². The average molecular weight is 225 g/mol. The molecule has 0 N–H and O–H groups in total. The smallest absolute Gasteiger partial charge is 0.0236 e. The van der Waals surface area contributed by atoms with Gasteiger partial charge < -0.3 is 4.90 Å². The largest absolute Gasteiger partial charge is 0.304 e. The zero-order valence-electron chi connectivity index (χ0n) is 11.4. The Morgan fingerprint density at radius 3 is 2.06 bits per heavy atom. The van der Waals surface area contributed by atoms with E-state index in [2.05, 4.69) is 42.5 Å². The number of piperazine rings is 1. The molecule has 2 aliphatic rings. The molecule has 0 aromatic rings. The summed E-state index contributed by atoms with van der Waals surface area (Å²) < 4.78 is 0.